The molecule has 100 valence electrons. The molecule has 0 N–H and O–H groups in total. The van der Waals surface area contributed by atoms with Crippen molar-refractivity contribution < 1.29 is 18.8 Å². The van der Waals surface area contributed by atoms with Gasteiger partial charge in [0.2, 0.25) is 0 Å². The Balaban J connectivity index is 1.90. The minimum absolute atomic E-state index is 0.0373. The maximum Gasteiger partial charge on any atom is 0.303 e. The molecule has 1 aliphatic rings. The molecule has 0 atom stereocenters. The third-order valence-corrected chi connectivity index (χ3v) is 4.23. The summed E-state index contributed by atoms with van der Waals surface area (Å²) in [6.07, 6.45) is 2.92. The highest BCUT2D eigenvalue weighted by molar-refractivity contribution is 8.18. The fourth-order valence-corrected chi connectivity index (χ4v) is 3.20. The van der Waals surface area contributed by atoms with Gasteiger partial charge in [-0.1, -0.05) is 6.07 Å². The summed E-state index contributed by atoms with van der Waals surface area (Å²) in [6, 6.07) is 6.60. The lowest BCUT2D eigenvalue weighted by Crippen LogP contribution is -2.34. The Morgan fingerprint density at radius 3 is 2.75 bits per heavy atom. The number of thiophene rings is 1. The molecule has 20 heavy (non-hydrogen) atoms. The van der Waals surface area contributed by atoms with Gasteiger partial charge in [-0.3, -0.25) is 14.4 Å². The zero-order chi connectivity index (χ0) is 14.1. The number of furan rings is 1. The minimum Gasteiger partial charge on any atom is -0.459 e. The number of hydrogen-bond acceptors (Lipinski definition) is 6. The first-order chi connectivity index (χ1) is 9.66. The van der Waals surface area contributed by atoms with E-state index in [0.717, 1.165) is 16.6 Å². The van der Waals surface area contributed by atoms with Crippen LogP contribution in [-0.4, -0.2) is 22.0 Å². The fraction of sp³-hybridized carbons (Fsp3) is 0. The molecule has 0 aliphatic carbocycles. The zero-order valence-corrected chi connectivity index (χ0v) is 11.6. The summed E-state index contributed by atoms with van der Waals surface area (Å²) in [5.41, 5.74) is 0. The first-order valence-electron chi connectivity index (χ1n) is 5.56. The summed E-state index contributed by atoms with van der Waals surface area (Å²) in [6.45, 7) is 0. The van der Waals surface area contributed by atoms with Gasteiger partial charge in [0.25, 0.3) is 5.91 Å². The smallest absolute Gasteiger partial charge is 0.303 e. The highest BCUT2D eigenvalue weighted by Gasteiger charge is 2.41. The van der Waals surface area contributed by atoms with Gasteiger partial charge >= 0.3 is 11.1 Å². The number of carbonyl (C=O) groups is 3. The SMILES string of the molecule is O=C1S/C(=C/c2cccs2)C(=O)N1C(=O)c1ccco1. The number of amides is 3. The standard InChI is InChI=1S/C13H7NO4S2/c15-11(9-4-1-5-18-9)14-12(16)10(20-13(14)17)7-8-3-2-6-19-8/h1-7H/b10-7+. The summed E-state index contributed by atoms with van der Waals surface area (Å²) < 4.78 is 4.92. The number of hydrogen-bond donors (Lipinski definition) is 0. The summed E-state index contributed by atoms with van der Waals surface area (Å²) in [5.74, 6) is -1.40. The van der Waals surface area contributed by atoms with Crippen LogP contribution in [0.1, 0.15) is 15.4 Å². The van der Waals surface area contributed by atoms with Crippen molar-refractivity contribution in [3.63, 3.8) is 0 Å². The Morgan fingerprint density at radius 2 is 2.10 bits per heavy atom. The Kier molecular flexibility index (Phi) is 3.29. The quantitative estimate of drug-likeness (QED) is 0.629. The van der Waals surface area contributed by atoms with Crippen LogP contribution in [0.5, 0.6) is 0 Å². The first-order valence-corrected chi connectivity index (χ1v) is 7.26. The van der Waals surface area contributed by atoms with Crippen LogP contribution in [0.2, 0.25) is 0 Å². The number of rotatable bonds is 2. The van der Waals surface area contributed by atoms with Crippen molar-refractivity contribution in [3.05, 3.63) is 51.5 Å². The molecule has 7 heteroatoms. The minimum atomic E-state index is -0.743. The van der Waals surface area contributed by atoms with Crippen molar-refractivity contribution in [2.24, 2.45) is 0 Å². The lowest BCUT2D eigenvalue weighted by atomic mass is 10.3. The maximum atomic E-state index is 12.1. The Morgan fingerprint density at radius 1 is 1.25 bits per heavy atom. The van der Waals surface area contributed by atoms with Gasteiger partial charge in [0, 0.05) is 4.88 Å². The highest BCUT2D eigenvalue weighted by Crippen LogP contribution is 2.33. The van der Waals surface area contributed by atoms with E-state index in [0.29, 0.717) is 4.90 Å². The van der Waals surface area contributed by atoms with Gasteiger partial charge in [0.05, 0.1) is 11.2 Å². The summed E-state index contributed by atoms with van der Waals surface area (Å²) in [5, 5.41) is 1.25. The van der Waals surface area contributed by atoms with Crippen LogP contribution in [0, 0.1) is 0 Å². The van der Waals surface area contributed by atoms with Crippen molar-refractivity contribution >= 4 is 46.2 Å². The van der Waals surface area contributed by atoms with E-state index in [1.165, 1.54) is 29.7 Å². The van der Waals surface area contributed by atoms with E-state index < -0.39 is 17.1 Å². The molecule has 5 nitrogen and oxygen atoms in total. The van der Waals surface area contributed by atoms with Crippen LogP contribution in [0.4, 0.5) is 4.79 Å². The van der Waals surface area contributed by atoms with E-state index in [4.69, 9.17) is 4.42 Å². The van der Waals surface area contributed by atoms with Crippen molar-refractivity contribution in [1.82, 2.24) is 4.90 Å². The largest absolute Gasteiger partial charge is 0.459 e. The monoisotopic (exact) mass is 305 g/mol. The van der Waals surface area contributed by atoms with E-state index in [1.54, 1.807) is 6.08 Å². The summed E-state index contributed by atoms with van der Waals surface area (Å²) in [7, 11) is 0. The lowest BCUT2D eigenvalue weighted by molar-refractivity contribution is -0.120. The van der Waals surface area contributed by atoms with Gasteiger partial charge in [-0.15, -0.1) is 11.3 Å². The molecular formula is C13H7NO4S2. The molecule has 2 aromatic heterocycles. The molecule has 0 bridgehead atoms. The van der Waals surface area contributed by atoms with Crippen LogP contribution in [0.25, 0.3) is 6.08 Å². The van der Waals surface area contributed by atoms with Gasteiger partial charge < -0.3 is 4.42 Å². The van der Waals surface area contributed by atoms with E-state index in [1.807, 2.05) is 17.5 Å². The second-order valence-electron chi connectivity index (χ2n) is 3.81. The molecule has 0 spiro atoms. The maximum absolute atomic E-state index is 12.1. The number of carbonyl (C=O) groups excluding carboxylic acids is 3. The van der Waals surface area contributed by atoms with Crippen molar-refractivity contribution in [3.8, 4) is 0 Å². The van der Waals surface area contributed by atoms with Crippen LogP contribution >= 0.6 is 23.1 Å². The molecule has 0 aromatic carbocycles. The molecule has 3 amide bonds. The van der Waals surface area contributed by atoms with Crippen LogP contribution in [-0.2, 0) is 4.79 Å². The normalized spacial score (nSPS) is 17.2. The van der Waals surface area contributed by atoms with Gasteiger partial charge in [-0.2, -0.15) is 4.90 Å². The highest BCUT2D eigenvalue weighted by atomic mass is 32.2. The Hall–Kier alpha value is -2.12. The van der Waals surface area contributed by atoms with Crippen molar-refractivity contribution in [2.45, 2.75) is 0 Å². The van der Waals surface area contributed by atoms with E-state index >= 15 is 0 Å². The summed E-state index contributed by atoms with van der Waals surface area (Å²) >= 11 is 2.19. The van der Waals surface area contributed by atoms with Crippen LogP contribution < -0.4 is 0 Å². The second kappa shape index (κ2) is 5.10. The zero-order valence-electron chi connectivity index (χ0n) is 9.94. The molecule has 1 saturated heterocycles. The first kappa shape index (κ1) is 12.9. The molecule has 2 aromatic rings. The third kappa shape index (κ3) is 2.21. The molecule has 1 fully saturated rings. The topological polar surface area (TPSA) is 67.6 Å². The second-order valence-corrected chi connectivity index (χ2v) is 5.79. The summed E-state index contributed by atoms with van der Waals surface area (Å²) in [4.78, 5) is 37.7. The molecular weight excluding hydrogens is 298 g/mol. The molecule has 3 rings (SSSR count). The molecule has 1 aliphatic heterocycles. The van der Waals surface area contributed by atoms with E-state index in [2.05, 4.69) is 0 Å². The van der Waals surface area contributed by atoms with Crippen molar-refractivity contribution in [1.29, 1.82) is 0 Å². The van der Waals surface area contributed by atoms with Gasteiger partial charge in [0.1, 0.15) is 0 Å². The van der Waals surface area contributed by atoms with Gasteiger partial charge in [-0.25, -0.2) is 0 Å². The van der Waals surface area contributed by atoms with Gasteiger partial charge in [-0.05, 0) is 41.4 Å². The third-order valence-electron chi connectivity index (χ3n) is 2.55. The lowest BCUT2D eigenvalue weighted by Gasteiger charge is -2.07. The predicted molar refractivity (Wildman–Crippen MR) is 75.2 cm³/mol. The number of thioether (sulfide) groups is 1. The van der Waals surface area contributed by atoms with Crippen LogP contribution in [0.15, 0.2) is 45.2 Å². The Bertz CT molecular complexity index is 701. The van der Waals surface area contributed by atoms with Gasteiger partial charge in [0.15, 0.2) is 5.76 Å². The molecule has 0 radical (unpaired) electrons. The molecule has 0 saturated carbocycles. The van der Waals surface area contributed by atoms with E-state index in [9.17, 15) is 14.4 Å². The van der Waals surface area contributed by atoms with Crippen molar-refractivity contribution in [2.75, 3.05) is 0 Å². The Labute approximate surface area is 121 Å². The number of nitrogens with zero attached hydrogens (tertiary/aromatic N) is 1. The predicted octanol–water partition coefficient (Wildman–Crippen LogP) is 3.22. The number of imide groups is 3. The average Bonchev–Trinajstić information content (AvgIpc) is 3.14. The average molecular weight is 305 g/mol. The van der Waals surface area contributed by atoms with E-state index in [-0.39, 0.29) is 10.7 Å². The molecule has 0 unspecified atom stereocenters. The van der Waals surface area contributed by atoms with Crippen LogP contribution in [0.3, 0.4) is 0 Å². The molecule has 3 heterocycles. The fourth-order valence-electron chi connectivity index (χ4n) is 1.66.